The summed E-state index contributed by atoms with van der Waals surface area (Å²) < 4.78 is 15.7. The molecule has 0 atom stereocenters. The van der Waals surface area contributed by atoms with E-state index in [1.165, 1.54) is 6.20 Å². The molecule has 0 aliphatic heterocycles. The average Bonchev–Trinajstić information content (AvgIpc) is 2.45. The van der Waals surface area contributed by atoms with Crippen LogP contribution in [0.5, 0.6) is 17.2 Å². The van der Waals surface area contributed by atoms with Crippen LogP contribution in [0.2, 0.25) is 0 Å². The van der Waals surface area contributed by atoms with Gasteiger partial charge in [0, 0.05) is 24.0 Å². The van der Waals surface area contributed by atoms with Crippen LogP contribution in [-0.2, 0) is 0 Å². The van der Waals surface area contributed by atoms with Crippen molar-refractivity contribution in [2.45, 2.75) is 0 Å². The largest absolute Gasteiger partial charge is 0.493 e. The maximum absolute atomic E-state index is 5.24. The van der Waals surface area contributed by atoms with Gasteiger partial charge in [-0.2, -0.15) is 0 Å². The SMILES string of the molecule is C=CN=C(N=C)Nc1cc(OC)c(OC)c(OC)c1. The maximum atomic E-state index is 5.24. The lowest BCUT2D eigenvalue weighted by Crippen LogP contribution is -2.08. The summed E-state index contributed by atoms with van der Waals surface area (Å²) in [5.74, 6) is 1.91. The topological polar surface area (TPSA) is 64.4 Å². The van der Waals surface area contributed by atoms with E-state index >= 15 is 0 Å². The first-order valence-electron chi connectivity index (χ1n) is 5.42. The van der Waals surface area contributed by atoms with Gasteiger partial charge >= 0.3 is 0 Å². The molecule has 0 saturated heterocycles. The first-order valence-corrected chi connectivity index (χ1v) is 5.42. The highest BCUT2D eigenvalue weighted by Gasteiger charge is 2.13. The molecule has 0 radical (unpaired) electrons. The van der Waals surface area contributed by atoms with Crippen LogP contribution in [0.4, 0.5) is 5.69 Å². The summed E-state index contributed by atoms with van der Waals surface area (Å²) in [6, 6.07) is 3.48. The van der Waals surface area contributed by atoms with Gasteiger partial charge in [0.1, 0.15) is 0 Å². The van der Waals surface area contributed by atoms with E-state index in [9.17, 15) is 0 Å². The van der Waals surface area contributed by atoms with Gasteiger partial charge in [0.2, 0.25) is 11.7 Å². The molecule has 102 valence electrons. The molecule has 1 aromatic carbocycles. The summed E-state index contributed by atoms with van der Waals surface area (Å²) in [6.07, 6.45) is 1.37. The van der Waals surface area contributed by atoms with Crippen molar-refractivity contribution in [1.82, 2.24) is 0 Å². The van der Waals surface area contributed by atoms with Crippen molar-refractivity contribution >= 4 is 18.4 Å². The predicted molar refractivity (Wildman–Crippen MR) is 76.9 cm³/mol. The van der Waals surface area contributed by atoms with Crippen LogP contribution in [0.15, 0.2) is 34.9 Å². The molecule has 6 heteroatoms. The van der Waals surface area contributed by atoms with Gasteiger partial charge in [-0.3, -0.25) is 0 Å². The van der Waals surface area contributed by atoms with E-state index in [1.807, 2.05) is 0 Å². The van der Waals surface area contributed by atoms with Gasteiger partial charge in [-0.25, -0.2) is 9.98 Å². The van der Waals surface area contributed by atoms with Crippen molar-refractivity contribution in [3.8, 4) is 17.2 Å². The molecule has 1 rings (SSSR count). The van der Waals surface area contributed by atoms with Crippen molar-refractivity contribution in [2.75, 3.05) is 26.6 Å². The normalized spacial score (nSPS) is 10.6. The molecule has 0 bridgehead atoms. The number of methoxy groups -OCH3 is 3. The van der Waals surface area contributed by atoms with Crippen molar-refractivity contribution in [3.05, 3.63) is 24.9 Å². The smallest absolute Gasteiger partial charge is 0.226 e. The number of anilines is 1. The zero-order valence-electron chi connectivity index (χ0n) is 11.3. The van der Waals surface area contributed by atoms with E-state index in [0.29, 0.717) is 28.9 Å². The van der Waals surface area contributed by atoms with Crippen LogP contribution in [0.1, 0.15) is 0 Å². The monoisotopic (exact) mass is 263 g/mol. The van der Waals surface area contributed by atoms with E-state index in [1.54, 1.807) is 33.5 Å². The van der Waals surface area contributed by atoms with Gasteiger partial charge in [-0.15, -0.1) is 0 Å². The third kappa shape index (κ3) is 3.48. The molecule has 0 heterocycles. The lowest BCUT2D eigenvalue weighted by molar-refractivity contribution is 0.324. The number of nitrogens with zero attached hydrogens (tertiary/aromatic N) is 2. The number of ether oxygens (including phenoxy) is 3. The second-order valence-corrected chi connectivity index (χ2v) is 3.33. The third-order valence-corrected chi connectivity index (χ3v) is 2.28. The minimum Gasteiger partial charge on any atom is -0.493 e. The third-order valence-electron chi connectivity index (χ3n) is 2.28. The van der Waals surface area contributed by atoms with Crippen molar-refractivity contribution in [3.63, 3.8) is 0 Å². The summed E-state index contributed by atoms with van der Waals surface area (Å²) in [4.78, 5) is 7.65. The second kappa shape index (κ2) is 7.05. The Kier molecular flexibility index (Phi) is 5.40. The zero-order chi connectivity index (χ0) is 14.3. The number of hydrogen-bond donors (Lipinski definition) is 1. The highest BCUT2D eigenvalue weighted by atomic mass is 16.5. The quantitative estimate of drug-likeness (QED) is 0.654. The minimum atomic E-state index is 0.323. The Labute approximate surface area is 112 Å². The van der Waals surface area contributed by atoms with Crippen LogP contribution < -0.4 is 19.5 Å². The van der Waals surface area contributed by atoms with Crippen LogP contribution in [-0.4, -0.2) is 34.0 Å². The molecule has 6 nitrogen and oxygen atoms in total. The molecule has 0 spiro atoms. The lowest BCUT2D eigenvalue weighted by Gasteiger charge is -2.14. The van der Waals surface area contributed by atoms with Crippen LogP contribution in [0.25, 0.3) is 0 Å². The number of rotatable bonds is 5. The molecular weight excluding hydrogens is 246 g/mol. The predicted octanol–water partition coefficient (Wildman–Crippen LogP) is 2.32. The van der Waals surface area contributed by atoms with E-state index in [-0.39, 0.29) is 0 Å². The summed E-state index contributed by atoms with van der Waals surface area (Å²) in [7, 11) is 4.64. The van der Waals surface area contributed by atoms with E-state index in [4.69, 9.17) is 14.2 Å². The zero-order valence-corrected chi connectivity index (χ0v) is 11.3. The standard InChI is InChI=1S/C13H17N3O3/c1-6-15-13(14-2)16-9-7-10(17-3)12(19-5)11(8-9)18-4/h6-8H,1-2H2,3-5H3,(H,15,16). The lowest BCUT2D eigenvalue weighted by atomic mass is 10.2. The summed E-state index contributed by atoms with van der Waals surface area (Å²) in [5.41, 5.74) is 0.683. The van der Waals surface area contributed by atoms with Crippen LogP contribution in [0.3, 0.4) is 0 Å². The van der Waals surface area contributed by atoms with Gasteiger partial charge in [-0.05, 0) is 6.72 Å². The molecular formula is C13H17N3O3. The van der Waals surface area contributed by atoms with E-state index < -0.39 is 0 Å². The molecule has 0 unspecified atom stereocenters. The Balaban J connectivity index is 3.19. The fourth-order valence-corrected chi connectivity index (χ4v) is 1.48. The number of guanidine groups is 1. The molecule has 19 heavy (non-hydrogen) atoms. The molecule has 0 fully saturated rings. The molecule has 1 aromatic rings. The number of nitrogens with one attached hydrogen (secondary N) is 1. The first kappa shape index (κ1) is 14.6. The summed E-state index contributed by atoms with van der Waals surface area (Å²) in [5, 5.41) is 2.96. The molecule has 1 N–H and O–H groups in total. The highest BCUT2D eigenvalue weighted by Crippen LogP contribution is 2.39. The Morgan fingerprint density at radius 3 is 2.11 bits per heavy atom. The molecule has 0 amide bonds. The van der Waals surface area contributed by atoms with Crippen LogP contribution in [0, 0.1) is 0 Å². The van der Waals surface area contributed by atoms with E-state index in [0.717, 1.165) is 0 Å². The van der Waals surface area contributed by atoms with Gasteiger partial charge in [0.15, 0.2) is 11.5 Å². The number of aliphatic imine (C=N–C) groups is 2. The Morgan fingerprint density at radius 1 is 1.16 bits per heavy atom. The molecule has 0 saturated carbocycles. The maximum Gasteiger partial charge on any atom is 0.226 e. The van der Waals surface area contributed by atoms with Crippen molar-refractivity contribution in [1.29, 1.82) is 0 Å². The second-order valence-electron chi connectivity index (χ2n) is 3.33. The number of hydrogen-bond acceptors (Lipinski definition) is 4. The van der Waals surface area contributed by atoms with Gasteiger partial charge in [-0.1, -0.05) is 6.58 Å². The summed E-state index contributed by atoms with van der Waals surface area (Å²) in [6.45, 7) is 6.92. The number of benzene rings is 1. The fraction of sp³-hybridized carbons (Fsp3) is 0.231. The highest BCUT2D eigenvalue weighted by molar-refractivity contribution is 5.97. The van der Waals surface area contributed by atoms with E-state index in [2.05, 4.69) is 28.6 Å². The molecule has 0 aliphatic carbocycles. The molecule has 0 aliphatic rings. The minimum absolute atomic E-state index is 0.323. The Hall–Kier alpha value is -2.50. The first-order chi connectivity index (χ1) is 9.19. The Morgan fingerprint density at radius 2 is 1.74 bits per heavy atom. The van der Waals surface area contributed by atoms with Crippen molar-refractivity contribution < 1.29 is 14.2 Å². The molecule has 0 aromatic heterocycles. The van der Waals surface area contributed by atoms with Gasteiger partial charge in [0.25, 0.3) is 0 Å². The summed E-state index contributed by atoms with van der Waals surface area (Å²) >= 11 is 0. The van der Waals surface area contributed by atoms with Crippen LogP contribution >= 0.6 is 0 Å². The Bertz CT molecular complexity index is 473. The fourth-order valence-electron chi connectivity index (χ4n) is 1.48. The van der Waals surface area contributed by atoms with Crippen molar-refractivity contribution in [2.24, 2.45) is 9.98 Å². The van der Waals surface area contributed by atoms with Gasteiger partial charge in [0.05, 0.1) is 21.3 Å². The average molecular weight is 263 g/mol. The van der Waals surface area contributed by atoms with Gasteiger partial charge < -0.3 is 19.5 Å².